The zero-order chi connectivity index (χ0) is 40.4. The average Bonchev–Trinajstić information content (AvgIpc) is 4.00. The number of nitrogens with one attached hydrogen (secondary N) is 3. The SMILES string of the molecule is COC(=O)N[C@H](C(=O)N1C[C@H](O)C[C@H]1c1ncc(-c2ccc(-c3ccc(-c4cnc([C@@H]5C[C@@H](O)CN5C(=O)[C@H](C(C)C)N(C)C(=O)O)[nH]4)cc3)cc2)[nH]1)C(C)C. The fourth-order valence-corrected chi connectivity index (χ4v) is 7.69. The van der Waals surface area contributed by atoms with Gasteiger partial charge in [-0.1, -0.05) is 76.2 Å². The van der Waals surface area contributed by atoms with Crippen LogP contribution in [0.3, 0.4) is 0 Å². The quantitative estimate of drug-likeness (QED) is 0.126. The fourth-order valence-electron chi connectivity index (χ4n) is 7.69. The molecular formula is C40H50N8O8. The molecule has 2 aromatic carbocycles. The minimum Gasteiger partial charge on any atom is -0.465 e. The Labute approximate surface area is 324 Å². The number of aliphatic hydroxyl groups excluding tert-OH is 2. The van der Waals surface area contributed by atoms with Crippen molar-refractivity contribution in [1.82, 2.24) is 40.0 Å². The van der Waals surface area contributed by atoms with Crippen LogP contribution >= 0.6 is 0 Å². The molecule has 6 N–H and O–H groups in total. The van der Waals surface area contributed by atoms with Gasteiger partial charge in [-0.25, -0.2) is 19.6 Å². The van der Waals surface area contributed by atoms with Crippen LogP contribution in [0.5, 0.6) is 0 Å². The van der Waals surface area contributed by atoms with Crippen molar-refractivity contribution in [2.45, 2.75) is 76.9 Å². The normalized spacial score (nSPS) is 20.7. The van der Waals surface area contributed by atoms with E-state index in [1.54, 1.807) is 31.1 Å². The molecule has 2 aromatic heterocycles. The molecule has 2 aliphatic heterocycles. The molecule has 0 unspecified atom stereocenters. The van der Waals surface area contributed by atoms with E-state index in [0.717, 1.165) is 38.5 Å². The summed E-state index contributed by atoms with van der Waals surface area (Å²) in [6.45, 7) is 7.46. The summed E-state index contributed by atoms with van der Waals surface area (Å²) in [5.74, 6) is -0.101. The topological polar surface area (TPSA) is 217 Å². The van der Waals surface area contributed by atoms with Crippen molar-refractivity contribution in [2.75, 3.05) is 27.2 Å². The molecule has 2 fully saturated rings. The second kappa shape index (κ2) is 16.5. The van der Waals surface area contributed by atoms with Crippen molar-refractivity contribution in [1.29, 1.82) is 0 Å². The van der Waals surface area contributed by atoms with Gasteiger partial charge in [-0.3, -0.25) is 14.5 Å². The summed E-state index contributed by atoms with van der Waals surface area (Å²) in [4.78, 5) is 70.7. The molecule has 0 aliphatic carbocycles. The van der Waals surface area contributed by atoms with Crippen molar-refractivity contribution in [3.8, 4) is 33.6 Å². The highest BCUT2D eigenvalue weighted by atomic mass is 16.5. The van der Waals surface area contributed by atoms with E-state index in [4.69, 9.17) is 4.74 Å². The molecule has 0 bridgehead atoms. The highest BCUT2D eigenvalue weighted by Gasteiger charge is 2.43. The Hall–Kier alpha value is -5.74. The fraction of sp³-hybridized carbons (Fsp3) is 0.450. The summed E-state index contributed by atoms with van der Waals surface area (Å²) in [6, 6.07) is 13.2. The summed E-state index contributed by atoms with van der Waals surface area (Å²) in [6.07, 6.45) is 0.601. The zero-order valence-corrected chi connectivity index (χ0v) is 32.3. The van der Waals surface area contributed by atoms with Crippen LogP contribution in [0.25, 0.3) is 33.6 Å². The number of aromatic amines is 2. The van der Waals surface area contributed by atoms with Crippen molar-refractivity contribution in [2.24, 2.45) is 11.8 Å². The summed E-state index contributed by atoms with van der Waals surface area (Å²) >= 11 is 0. The first kappa shape index (κ1) is 39.9. The first-order valence-electron chi connectivity index (χ1n) is 18.7. The van der Waals surface area contributed by atoms with Gasteiger partial charge in [-0.15, -0.1) is 0 Å². The number of likely N-dealkylation sites (tertiary alicyclic amines) is 2. The number of carbonyl (C=O) groups excluding carboxylic acids is 3. The molecule has 4 heterocycles. The molecular weight excluding hydrogens is 720 g/mol. The number of nitrogens with zero attached hydrogens (tertiary/aromatic N) is 5. The van der Waals surface area contributed by atoms with E-state index in [-0.39, 0.29) is 43.2 Å². The van der Waals surface area contributed by atoms with Crippen LogP contribution in [0.4, 0.5) is 9.59 Å². The molecule has 2 saturated heterocycles. The number of aromatic nitrogens is 4. The molecule has 6 atom stereocenters. The summed E-state index contributed by atoms with van der Waals surface area (Å²) in [7, 11) is 2.62. The van der Waals surface area contributed by atoms with Crippen LogP contribution < -0.4 is 5.32 Å². The van der Waals surface area contributed by atoms with Crippen LogP contribution in [-0.4, -0.2) is 125 Å². The van der Waals surface area contributed by atoms with Gasteiger partial charge in [0.25, 0.3) is 0 Å². The summed E-state index contributed by atoms with van der Waals surface area (Å²) in [5.41, 5.74) is 5.22. The Morgan fingerprint density at radius 1 is 0.750 bits per heavy atom. The lowest BCUT2D eigenvalue weighted by Crippen LogP contribution is -2.51. The minimum absolute atomic E-state index is 0.0893. The molecule has 16 heteroatoms. The Morgan fingerprint density at radius 3 is 1.57 bits per heavy atom. The lowest BCUT2D eigenvalue weighted by Gasteiger charge is -2.33. The second-order valence-electron chi connectivity index (χ2n) is 15.3. The molecule has 298 valence electrons. The van der Waals surface area contributed by atoms with Gasteiger partial charge in [0.2, 0.25) is 11.8 Å². The van der Waals surface area contributed by atoms with Crippen LogP contribution in [0, 0.1) is 11.8 Å². The van der Waals surface area contributed by atoms with Crippen LogP contribution in [0.2, 0.25) is 0 Å². The van der Waals surface area contributed by atoms with Gasteiger partial charge in [0, 0.05) is 33.0 Å². The van der Waals surface area contributed by atoms with Crippen molar-refractivity contribution >= 4 is 24.0 Å². The third-order valence-electron chi connectivity index (χ3n) is 10.7. The number of imidazole rings is 2. The van der Waals surface area contributed by atoms with Crippen molar-refractivity contribution in [3.63, 3.8) is 0 Å². The number of rotatable bonds is 11. The first-order chi connectivity index (χ1) is 26.7. The number of hydrogen-bond acceptors (Lipinski definition) is 9. The number of likely N-dealkylation sites (N-methyl/N-ethyl adjacent to an activating group) is 1. The number of methoxy groups -OCH3 is 1. The maximum atomic E-state index is 13.6. The highest BCUT2D eigenvalue weighted by molar-refractivity contribution is 5.87. The lowest BCUT2D eigenvalue weighted by molar-refractivity contribution is -0.139. The molecule has 0 radical (unpaired) electrons. The highest BCUT2D eigenvalue weighted by Crippen LogP contribution is 2.36. The van der Waals surface area contributed by atoms with E-state index >= 15 is 0 Å². The van der Waals surface area contributed by atoms with Gasteiger partial charge in [-0.05, 0) is 34.1 Å². The minimum atomic E-state index is -1.20. The van der Waals surface area contributed by atoms with E-state index in [1.165, 1.54) is 19.1 Å². The number of benzene rings is 2. The van der Waals surface area contributed by atoms with Crippen LogP contribution in [0.1, 0.15) is 64.3 Å². The van der Waals surface area contributed by atoms with Gasteiger partial charge in [0.15, 0.2) is 0 Å². The Kier molecular flexibility index (Phi) is 11.8. The molecule has 16 nitrogen and oxygen atoms in total. The largest absolute Gasteiger partial charge is 0.465 e. The first-order valence-corrected chi connectivity index (χ1v) is 18.7. The monoisotopic (exact) mass is 770 g/mol. The molecule has 0 spiro atoms. The predicted octanol–water partition coefficient (Wildman–Crippen LogP) is 4.42. The standard InChI is InChI=1S/C40H50N8O8/c1-21(2)33(45-39(53)56-6)37(51)47-19-27(49)15-31(47)35-41-17-29(43-35)25-11-7-23(8-12-25)24-9-13-26(14-10-24)30-18-42-36(44-30)32-16-28(50)20-48(32)38(52)34(22(3)4)46(5)40(54)55/h7-14,17-18,21-22,27-28,31-34,49-50H,15-16,19-20H2,1-6H3,(H,41,43)(H,42,44)(H,45,53)(H,54,55)/t27-,28-,31+,32+,33+,34+/m1/s1. The molecule has 2 aliphatic rings. The van der Waals surface area contributed by atoms with Gasteiger partial charge in [0.05, 0.1) is 55.2 Å². The van der Waals surface area contributed by atoms with E-state index < -0.39 is 48.6 Å². The van der Waals surface area contributed by atoms with E-state index in [0.29, 0.717) is 18.1 Å². The number of H-pyrrole nitrogens is 2. The lowest BCUT2D eigenvalue weighted by atomic mass is 10.0. The smallest absolute Gasteiger partial charge is 0.407 e. The maximum absolute atomic E-state index is 13.6. The maximum Gasteiger partial charge on any atom is 0.407 e. The Morgan fingerprint density at radius 2 is 1.18 bits per heavy atom. The number of β-amino-alcohol motifs (C(OH)–C–C–N with tert-alkyl or cyclic N) is 2. The molecule has 0 saturated carbocycles. The number of alkyl carbamates (subject to hydrolysis) is 1. The second-order valence-corrected chi connectivity index (χ2v) is 15.3. The predicted molar refractivity (Wildman–Crippen MR) is 206 cm³/mol. The van der Waals surface area contributed by atoms with Crippen LogP contribution in [0.15, 0.2) is 60.9 Å². The van der Waals surface area contributed by atoms with Crippen LogP contribution in [-0.2, 0) is 14.3 Å². The molecule has 4 aromatic rings. The number of carbonyl (C=O) groups is 4. The van der Waals surface area contributed by atoms with Gasteiger partial charge in [0.1, 0.15) is 23.7 Å². The third-order valence-corrected chi connectivity index (χ3v) is 10.7. The van der Waals surface area contributed by atoms with Gasteiger partial charge in [-0.2, -0.15) is 0 Å². The Balaban J connectivity index is 1.13. The van der Waals surface area contributed by atoms with E-state index in [9.17, 15) is 34.5 Å². The van der Waals surface area contributed by atoms with E-state index in [1.807, 2.05) is 62.4 Å². The molecule has 6 rings (SSSR count). The molecule has 4 amide bonds. The number of amides is 4. The number of carboxylic acid groups (broad SMARTS) is 1. The average molecular weight is 771 g/mol. The van der Waals surface area contributed by atoms with Gasteiger partial charge < -0.3 is 45.1 Å². The summed E-state index contributed by atoms with van der Waals surface area (Å²) < 4.78 is 4.72. The summed E-state index contributed by atoms with van der Waals surface area (Å²) in [5, 5.41) is 33.2. The van der Waals surface area contributed by atoms with Crippen molar-refractivity contribution < 1.29 is 39.2 Å². The van der Waals surface area contributed by atoms with E-state index in [2.05, 4.69) is 25.3 Å². The molecule has 56 heavy (non-hydrogen) atoms. The number of hydrogen-bond donors (Lipinski definition) is 6. The number of ether oxygens (including phenoxy) is 1. The Bertz CT molecular complexity index is 2030. The number of aliphatic hydroxyl groups is 2. The zero-order valence-electron chi connectivity index (χ0n) is 32.3. The van der Waals surface area contributed by atoms with Gasteiger partial charge >= 0.3 is 12.2 Å². The third kappa shape index (κ3) is 8.26. The van der Waals surface area contributed by atoms with Crippen molar-refractivity contribution in [3.05, 3.63) is 72.6 Å².